The van der Waals surface area contributed by atoms with E-state index in [0.29, 0.717) is 0 Å². The molecule has 0 bridgehead atoms. The molecule has 1 amide bonds. The van der Waals surface area contributed by atoms with Crippen LogP contribution < -0.4 is 10.9 Å². The zero-order valence-corrected chi connectivity index (χ0v) is 9.46. The third kappa shape index (κ3) is 6.74. The van der Waals surface area contributed by atoms with Gasteiger partial charge in [0.2, 0.25) is 0 Å². The fraction of sp³-hybridized carbons (Fsp3) is 0.364. The van der Waals surface area contributed by atoms with Gasteiger partial charge in [0.15, 0.2) is 0 Å². The van der Waals surface area contributed by atoms with Crippen molar-refractivity contribution in [3.63, 3.8) is 0 Å². The minimum Gasteiger partial charge on any atom is -0.444 e. The van der Waals surface area contributed by atoms with Crippen LogP contribution in [-0.2, 0) is 11.3 Å². The molecule has 4 nitrogen and oxygen atoms in total. The highest BCUT2D eigenvalue weighted by atomic mass is 19.4. The second-order valence-electron chi connectivity index (χ2n) is 3.48. The van der Waals surface area contributed by atoms with Crippen LogP contribution in [0, 0.1) is 0 Å². The molecular formula is C11H13F3N2O2. The predicted octanol–water partition coefficient (Wildman–Crippen LogP) is 2.37. The van der Waals surface area contributed by atoms with Crippen LogP contribution >= 0.6 is 0 Å². The Morgan fingerprint density at radius 3 is 2.50 bits per heavy atom. The van der Waals surface area contributed by atoms with E-state index in [9.17, 15) is 18.0 Å². The number of alkyl halides is 3. The number of halogens is 3. The monoisotopic (exact) mass is 262 g/mol. The van der Waals surface area contributed by atoms with Gasteiger partial charge in [0.05, 0.1) is 6.42 Å². The zero-order valence-electron chi connectivity index (χ0n) is 9.46. The van der Waals surface area contributed by atoms with E-state index in [-0.39, 0.29) is 6.61 Å². The topological polar surface area (TPSA) is 50.4 Å². The Bertz CT molecular complexity index is 368. The number of benzene rings is 1. The van der Waals surface area contributed by atoms with E-state index in [4.69, 9.17) is 4.74 Å². The maximum atomic E-state index is 11.8. The summed E-state index contributed by atoms with van der Waals surface area (Å²) < 4.78 is 40.1. The number of hydrazine groups is 1. The van der Waals surface area contributed by atoms with Crippen molar-refractivity contribution in [2.45, 2.75) is 19.2 Å². The molecule has 1 rings (SSSR count). The van der Waals surface area contributed by atoms with Crippen LogP contribution in [0.3, 0.4) is 0 Å². The molecule has 0 spiro atoms. The standard InChI is InChI=1S/C11H13F3N2O2/c12-11(13,14)6-7-15-16-10(17)18-8-9-4-2-1-3-5-9/h1-5,15H,6-8H2,(H,16,17). The van der Waals surface area contributed by atoms with Crippen molar-refractivity contribution >= 4 is 6.09 Å². The second-order valence-corrected chi connectivity index (χ2v) is 3.48. The van der Waals surface area contributed by atoms with Gasteiger partial charge in [-0.2, -0.15) is 13.2 Å². The third-order valence-electron chi connectivity index (χ3n) is 1.94. The first kappa shape index (κ1) is 14.3. The molecule has 2 N–H and O–H groups in total. The Kier molecular flexibility index (Phi) is 5.44. The number of hydrogen-bond acceptors (Lipinski definition) is 3. The molecule has 7 heteroatoms. The molecule has 0 aromatic heterocycles. The lowest BCUT2D eigenvalue weighted by Crippen LogP contribution is -2.39. The first-order chi connectivity index (χ1) is 8.47. The average molecular weight is 262 g/mol. The number of amides is 1. The van der Waals surface area contributed by atoms with Gasteiger partial charge in [-0.25, -0.2) is 10.2 Å². The van der Waals surface area contributed by atoms with Crippen LogP contribution in [0.4, 0.5) is 18.0 Å². The normalized spacial score (nSPS) is 11.1. The maximum absolute atomic E-state index is 11.8. The summed E-state index contributed by atoms with van der Waals surface area (Å²) in [6, 6.07) is 8.94. The number of nitrogens with one attached hydrogen (secondary N) is 2. The third-order valence-corrected chi connectivity index (χ3v) is 1.94. The van der Waals surface area contributed by atoms with Crippen LogP contribution in [0.1, 0.15) is 12.0 Å². The predicted molar refractivity (Wildman–Crippen MR) is 58.4 cm³/mol. The Morgan fingerprint density at radius 1 is 1.22 bits per heavy atom. The van der Waals surface area contributed by atoms with Gasteiger partial charge in [0, 0.05) is 6.54 Å². The van der Waals surface area contributed by atoms with Crippen molar-refractivity contribution in [3.05, 3.63) is 35.9 Å². The van der Waals surface area contributed by atoms with Gasteiger partial charge in [-0.1, -0.05) is 30.3 Å². The molecule has 0 radical (unpaired) electrons. The lowest BCUT2D eigenvalue weighted by atomic mass is 10.2. The second kappa shape index (κ2) is 6.85. The molecule has 0 heterocycles. The van der Waals surface area contributed by atoms with Crippen LogP contribution in [0.5, 0.6) is 0 Å². The molecule has 0 saturated carbocycles. The summed E-state index contributed by atoms with van der Waals surface area (Å²) in [5.74, 6) is 0. The van der Waals surface area contributed by atoms with E-state index in [1.54, 1.807) is 24.3 Å². The molecule has 1 aromatic carbocycles. The Balaban J connectivity index is 2.11. The molecule has 0 aliphatic rings. The van der Waals surface area contributed by atoms with Gasteiger partial charge in [-0.15, -0.1) is 0 Å². The molecule has 0 unspecified atom stereocenters. The van der Waals surface area contributed by atoms with Gasteiger partial charge in [0.25, 0.3) is 0 Å². The van der Waals surface area contributed by atoms with E-state index >= 15 is 0 Å². The molecule has 0 fully saturated rings. The molecule has 18 heavy (non-hydrogen) atoms. The SMILES string of the molecule is O=C(NNCCC(F)(F)F)OCc1ccccc1. The van der Waals surface area contributed by atoms with Crippen molar-refractivity contribution < 1.29 is 22.7 Å². The summed E-state index contributed by atoms with van der Waals surface area (Å²) in [6.45, 7) is -0.336. The summed E-state index contributed by atoms with van der Waals surface area (Å²) in [5.41, 5.74) is 4.94. The minimum absolute atomic E-state index is 0.0631. The maximum Gasteiger partial charge on any atom is 0.421 e. The Labute approximate surface area is 102 Å². The van der Waals surface area contributed by atoms with Crippen molar-refractivity contribution in [2.24, 2.45) is 0 Å². The largest absolute Gasteiger partial charge is 0.444 e. The van der Waals surface area contributed by atoms with Gasteiger partial charge >= 0.3 is 12.3 Å². The molecule has 0 aliphatic carbocycles. The quantitative estimate of drug-likeness (QED) is 0.632. The first-order valence-corrected chi connectivity index (χ1v) is 5.24. The molecule has 0 saturated heterocycles. The van der Waals surface area contributed by atoms with Crippen molar-refractivity contribution in [1.82, 2.24) is 10.9 Å². The summed E-state index contributed by atoms with van der Waals surface area (Å²) in [4.78, 5) is 11.1. The highest BCUT2D eigenvalue weighted by Gasteiger charge is 2.26. The molecular weight excluding hydrogens is 249 g/mol. The number of carbonyl (C=O) groups excluding carboxylic acids is 1. The number of rotatable bonds is 5. The van der Waals surface area contributed by atoms with Gasteiger partial charge < -0.3 is 4.74 Å². The summed E-state index contributed by atoms with van der Waals surface area (Å²) in [6.07, 6.45) is -6.09. The molecule has 1 aromatic rings. The average Bonchev–Trinajstić information content (AvgIpc) is 2.32. The van der Waals surface area contributed by atoms with Gasteiger partial charge in [-0.05, 0) is 5.56 Å². The highest BCUT2D eigenvalue weighted by molar-refractivity contribution is 5.66. The van der Waals surface area contributed by atoms with Gasteiger partial charge in [0.1, 0.15) is 6.61 Å². The van der Waals surface area contributed by atoms with Crippen molar-refractivity contribution in [2.75, 3.05) is 6.54 Å². The number of hydrogen-bond donors (Lipinski definition) is 2. The summed E-state index contributed by atoms with van der Waals surface area (Å²) in [7, 11) is 0. The molecule has 100 valence electrons. The molecule has 0 atom stereocenters. The van der Waals surface area contributed by atoms with E-state index in [2.05, 4.69) is 5.43 Å². The first-order valence-electron chi connectivity index (χ1n) is 5.24. The lowest BCUT2D eigenvalue weighted by molar-refractivity contribution is -0.133. The van der Waals surface area contributed by atoms with Crippen LogP contribution in [0.25, 0.3) is 0 Å². The number of carbonyl (C=O) groups is 1. The van der Waals surface area contributed by atoms with Crippen LogP contribution in [0.2, 0.25) is 0 Å². The van der Waals surface area contributed by atoms with Crippen molar-refractivity contribution in [3.8, 4) is 0 Å². The Hall–Kier alpha value is -1.76. The van der Waals surface area contributed by atoms with Crippen LogP contribution in [0.15, 0.2) is 30.3 Å². The fourth-order valence-electron chi connectivity index (χ4n) is 1.10. The summed E-state index contributed by atoms with van der Waals surface area (Å²) in [5, 5.41) is 0. The van der Waals surface area contributed by atoms with E-state index in [1.165, 1.54) is 0 Å². The Morgan fingerprint density at radius 2 is 1.89 bits per heavy atom. The summed E-state index contributed by atoms with van der Waals surface area (Å²) >= 11 is 0. The van der Waals surface area contributed by atoms with Crippen molar-refractivity contribution in [1.29, 1.82) is 0 Å². The molecule has 0 aliphatic heterocycles. The minimum atomic E-state index is -4.25. The van der Waals surface area contributed by atoms with Crippen LogP contribution in [-0.4, -0.2) is 18.8 Å². The van der Waals surface area contributed by atoms with E-state index in [1.807, 2.05) is 11.5 Å². The lowest BCUT2D eigenvalue weighted by Gasteiger charge is -2.09. The van der Waals surface area contributed by atoms with E-state index < -0.39 is 25.2 Å². The highest BCUT2D eigenvalue weighted by Crippen LogP contribution is 2.17. The number of ether oxygens (including phenoxy) is 1. The van der Waals surface area contributed by atoms with Gasteiger partial charge in [-0.3, -0.25) is 5.43 Å². The van der Waals surface area contributed by atoms with E-state index in [0.717, 1.165) is 5.56 Å². The smallest absolute Gasteiger partial charge is 0.421 e. The zero-order chi connectivity index (χ0) is 13.4. The fourth-order valence-corrected chi connectivity index (χ4v) is 1.10.